The molecule has 3 nitrogen and oxygen atoms in total. The number of hydrogen-bond acceptors (Lipinski definition) is 2. The van der Waals surface area contributed by atoms with Gasteiger partial charge in [-0.05, 0) is 43.1 Å². The van der Waals surface area contributed by atoms with Crippen molar-refractivity contribution < 1.29 is 4.79 Å². The van der Waals surface area contributed by atoms with Crippen LogP contribution < -0.4 is 10.6 Å². The molecule has 0 heterocycles. The van der Waals surface area contributed by atoms with Gasteiger partial charge >= 0.3 is 0 Å². The Morgan fingerprint density at radius 1 is 1.05 bits per heavy atom. The minimum Gasteiger partial charge on any atom is -0.325 e. The topological polar surface area (TPSA) is 41.1 Å². The van der Waals surface area contributed by atoms with Gasteiger partial charge in [0.25, 0.3) is 0 Å². The van der Waals surface area contributed by atoms with Gasteiger partial charge in [-0.25, -0.2) is 0 Å². The molecular weight excluding hydrogens is 328 g/mol. The second kappa shape index (κ2) is 8.60. The molecule has 2 aromatic rings. The minimum absolute atomic E-state index is 0.0205. The molecule has 0 aliphatic carbocycles. The second-order valence-electron chi connectivity index (χ2n) is 4.82. The highest BCUT2D eigenvalue weighted by Gasteiger charge is 2.02. The van der Waals surface area contributed by atoms with E-state index in [1.54, 1.807) is 0 Å². The molecule has 0 spiro atoms. The summed E-state index contributed by atoms with van der Waals surface area (Å²) in [6, 6.07) is 18.0. The van der Waals surface area contributed by atoms with Gasteiger partial charge in [0, 0.05) is 10.2 Å². The molecule has 1 amide bonds. The lowest BCUT2D eigenvalue weighted by Gasteiger charge is -2.07. The molecule has 0 bridgehead atoms. The van der Waals surface area contributed by atoms with Crippen LogP contribution in [0.2, 0.25) is 0 Å². The Labute approximate surface area is 133 Å². The van der Waals surface area contributed by atoms with Gasteiger partial charge in [0.2, 0.25) is 5.91 Å². The molecule has 0 fully saturated rings. The third-order valence-corrected chi connectivity index (χ3v) is 3.55. The van der Waals surface area contributed by atoms with Crippen LogP contribution in [0.3, 0.4) is 0 Å². The van der Waals surface area contributed by atoms with Crippen LogP contribution in [0.5, 0.6) is 0 Å². The lowest BCUT2D eigenvalue weighted by Crippen LogP contribution is -2.28. The number of carbonyl (C=O) groups is 1. The largest absolute Gasteiger partial charge is 0.325 e. The number of rotatable bonds is 7. The number of nitrogens with one attached hydrogen (secondary N) is 2. The van der Waals surface area contributed by atoms with Gasteiger partial charge in [-0.15, -0.1) is 0 Å². The van der Waals surface area contributed by atoms with Gasteiger partial charge in [0.15, 0.2) is 0 Å². The molecule has 0 aliphatic heterocycles. The van der Waals surface area contributed by atoms with Crippen LogP contribution in [-0.4, -0.2) is 19.0 Å². The summed E-state index contributed by atoms with van der Waals surface area (Å²) in [7, 11) is 0. The third kappa shape index (κ3) is 6.10. The maximum atomic E-state index is 11.8. The van der Waals surface area contributed by atoms with Gasteiger partial charge in [0.05, 0.1) is 6.54 Å². The molecule has 0 unspecified atom stereocenters. The Balaban J connectivity index is 1.61. The quantitative estimate of drug-likeness (QED) is 0.752. The summed E-state index contributed by atoms with van der Waals surface area (Å²) in [6.07, 6.45) is 2.05. The number of halogens is 1. The lowest BCUT2D eigenvalue weighted by atomic mass is 10.1. The van der Waals surface area contributed by atoms with Crippen molar-refractivity contribution in [2.24, 2.45) is 0 Å². The molecule has 0 aliphatic rings. The first kappa shape index (κ1) is 15.7. The molecule has 2 N–H and O–H groups in total. The van der Waals surface area contributed by atoms with Crippen molar-refractivity contribution in [3.05, 3.63) is 64.6 Å². The van der Waals surface area contributed by atoms with Crippen molar-refractivity contribution in [1.29, 1.82) is 0 Å². The molecule has 21 heavy (non-hydrogen) atoms. The van der Waals surface area contributed by atoms with Crippen LogP contribution in [0.25, 0.3) is 0 Å². The van der Waals surface area contributed by atoms with Gasteiger partial charge in [-0.2, -0.15) is 0 Å². The zero-order chi connectivity index (χ0) is 14.9. The summed E-state index contributed by atoms with van der Waals surface area (Å²) in [5.74, 6) is -0.0205. The SMILES string of the molecule is O=C(CNCCCc1ccccc1)Nc1cccc(Br)c1. The highest BCUT2D eigenvalue weighted by atomic mass is 79.9. The fourth-order valence-corrected chi connectivity index (χ4v) is 2.43. The maximum Gasteiger partial charge on any atom is 0.238 e. The van der Waals surface area contributed by atoms with E-state index in [2.05, 4.69) is 38.7 Å². The first-order chi connectivity index (χ1) is 10.2. The molecule has 4 heteroatoms. The van der Waals surface area contributed by atoms with Crippen molar-refractivity contribution in [3.63, 3.8) is 0 Å². The first-order valence-electron chi connectivity index (χ1n) is 7.04. The number of hydrogen-bond donors (Lipinski definition) is 2. The molecule has 2 aromatic carbocycles. The highest BCUT2D eigenvalue weighted by molar-refractivity contribution is 9.10. The monoisotopic (exact) mass is 346 g/mol. The van der Waals surface area contributed by atoms with Crippen LogP contribution in [-0.2, 0) is 11.2 Å². The van der Waals surface area contributed by atoms with Crippen molar-refractivity contribution in [3.8, 4) is 0 Å². The van der Waals surface area contributed by atoms with Crippen LogP contribution in [0.4, 0.5) is 5.69 Å². The summed E-state index contributed by atoms with van der Waals surface area (Å²) < 4.78 is 0.955. The Morgan fingerprint density at radius 2 is 1.86 bits per heavy atom. The molecule has 0 aromatic heterocycles. The van der Waals surface area contributed by atoms with Gasteiger partial charge in [0.1, 0.15) is 0 Å². The predicted octanol–water partition coefficient (Wildman–Crippen LogP) is 3.61. The molecule has 0 atom stereocenters. The molecule has 0 saturated heterocycles. The van der Waals surface area contributed by atoms with Crippen LogP contribution in [0, 0.1) is 0 Å². The first-order valence-corrected chi connectivity index (χ1v) is 7.83. The van der Waals surface area contributed by atoms with Gasteiger partial charge in [-0.3, -0.25) is 4.79 Å². The smallest absolute Gasteiger partial charge is 0.238 e. The van der Waals surface area contributed by atoms with E-state index in [1.807, 2.05) is 42.5 Å². The van der Waals surface area contributed by atoms with E-state index in [9.17, 15) is 4.79 Å². The fourth-order valence-electron chi connectivity index (χ4n) is 2.04. The second-order valence-corrected chi connectivity index (χ2v) is 5.74. The van der Waals surface area contributed by atoms with Crippen LogP contribution >= 0.6 is 15.9 Å². The Kier molecular flexibility index (Phi) is 6.44. The van der Waals surface area contributed by atoms with E-state index in [0.717, 1.165) is 29.5 Å². The third-order valence-electron chi connectivity index (χ3n) is 3.06. The maximum absolute atomic E-state index is 11.8. The van der Waals surface area contributed by atoms with Crippen molar-refractivity contribution in [2.75, 3.05) is 18.4 Å². The zero-order valence-corrected chi connectivity index (χ0v) is 13.4. The van der Waals surface area contributed by atoms with E-state index in [-0.39, 0.29) is 5.91 Å². The highest BCUT2D eigenvalue weighted by Crippen LogP contribution is 2.15. The van der Waals surface area contributed by atoms with E-state index in [4.69, 9.17) is 0 Å². The predicted molar refractivity (Wildman–Crippen MR) is 90.4 cm³/mol. The minimum atomic E-state index is -0.0205. The molecule has 0 radical (unpaired) electrons. The summed E-state index contributed by atoms with van der Waals surface area (Å²) in [6.45, 7) is 1.17. The van der Waals surface area contributed by atoms with Crippen molar-refractivity contribution in [1.82, 2.24) is 5.32 Å². The number of amides is 1. The number of benzene rings is 2. The van der Waals surface area contributed by atoms with E-state index in [1.165, 1.54) is 5.56 Å². The summed E-state index contributed by atoms with van der Waals surface area (Å²) in [5, 5.41) is 6.03. The average molecular weight is 347 g/mol. The Morgan fingerprint density at radius 3 is 2.62 bits per heavy atom. The number of anilines is 1. The van der Waals surface area contributed by atoms with Crippen LogP contribution in [0.15, 0.2) is 59.1 Å². The fraction of sp³-hybridized carbons (Fsp3) is 0.235. The Hall–Kier alpha value is -1.65. The molecular formula is C17H19BrN2O. The number of aryl methyl sites for hydroxylation is 1. The lowest BCUT2D eigenvalue weighted by molar-refractivity contribution is -0.115. The normalized spacial score (nSPS) is 10.3. The zero-order valence-electron chi connectivity index (χ0n) is 11.8. The standard InChI is InChI=1S/C17H19BrN2O/c18-15-9-4-10-16(12-15)20-17(21)13-19-11-5-8-14-6-2-1-3-7-14/h1-4,6-7,9-10,12,19H,5,8,11,13H2,(H,20,21). The summed E-state index contributed by atoms with van der Waals surface area (Å²) >= 11 is 3.38. The molecule has 110 valence electrons. The average Bonchev–Trinajstić information content (AvgIpc) is 2.48. The van der Waals surface area contributed by atoms with E-state index < -0.39 is 0 Å². The Bertz CT molecular complexity index is 572. The van der Waals surface area contributed by atoms with Crippen molar-refractivity contribution in [2.45, 2.75) is 12.8 Å². The van der Waals surface area contributed by atoms with Gasteiger partial charge < -0.3 is 10.6 Å². The van der Waals surface area contributed by atoms with E-state index >= 15 is 0 Å². The van der Waals surface area contributed by atoms with E-state index in [0.29, 0.717) is 6.54 Å². The molecule has 0 saturated carbocycles. The summed E-state index contributed by atoms with van der Waals surface area (Å²) in [5.41, 5.74) is 2.14. The van der Waals surface area contributed by atoms with Crippen molar-refractivity contribution >= 4 is 27.5 Å². The number of carbonyl (C=O) groups excluding carboxylic acids is 1. The summed E-state index contributed by atoms with van der Waals surface area (Å²) in [4.78, 5) is 11.8. The van der Waals surface area contributed by atoms with Crippen LogP contribution in [0.1, 0.15) is 12.0 Å². The molecule has 2 rings (SSSR count). The van der Waals surface area contributed by atoms with Gasteiger partial charge in [-0.1, -0.05) is 52.3 Å².